The Hall–Kier alpha value is -1.35. The molecule has 0 radical (unpaired) electrons. The van der Waals surface area contributed by atoms with Crippen LogP contribution in [0.3, 0.4) is 0 Å². The summed E-state index contributed by atoms with van der Waals surface area (Å²) in [5.41, 5.74) is -0.652. The van der Waals surface area contributed by atoms with E-state index in [9.17, 15) is 14.7 Å². The average Bonchev–Trinajstić information content (AvgIpc) is 2.78. The molecular formula is C16H11Cl2IN2O3. The van der Waals surface area contributed by atoms with E-state index >= 15 is 0 Å². The normalized spacial score (nSPS) is 20.8. The van der Waals surface area contributed by atoms with Gasteiger partial charge in [-0.15, -0.1) is 0 Å². The van der Waals surface area contributed by atoms with Gasteiger partial charge >= 0.3 is 6.03 Å². The predicted molar refractivity (Wildman–Crippen MR) is 100 cm³/mol. The fraction of sp³-hybridized carbons (Fsp3) is 0.125. The zero-order valence-electron chi connectivity index (χ0n) is 12.1. The van der Waals surface area contributed by atoms with Crippen LogP contribution in [0.2, 0.25) is 10.0 Å². The molecule has 1 unspecified atom stereocenters. The second-order valence-corrected chi connectivity index (χ2v) is 6.97. The molecule has 124 valence electrons. The number of nitrogens with zero attached hydrogens (tertiary/aromatic N) is 2. The van der Waals surface area contributed by atoms with Crippen LogP contribution in [0.25, 0.3) is 0 Å². The number of rotatable bonds is 3. The van der Waals surface area contributed by atoms with Crippen molar-refractivity contribution in [2.75, 3.05) is 11.5 Å². The third-order valence-electron chi connectivity index (χ3n) is 3.89. The maximum absolute atomic E-state index is 13.1. The van der Waals surface area contributed by atoms with Crippen LogP contribution in [0.4, 0.5) is 10.5 Å². The second-order valence-electron chi connectivity index (χ2n) is 5.19. The Morgan fingerprint density at radius 2 is 1.71 bits per heavy atom. The van der Waals surface area contributed by atoms with Gasteiger partial charge in [-0.3, -0.25) is 4.79 Å². The summed E-state index contributed by atoms with van der Waals surface area (Å²) in [7, 11) is 0. The number of aliphatic hydroxyl groups is 1. The Bertz CT molecular complexity index is 818. The molecule has 0 aliphatic carbocycles. The van der Waals surface area contributed by atoms with Gasteiger partial charge in [0.1, 0.15) is 0 Å². The number of hydrogen-bond donors (Lipinski definition) is 1. The van der Waals surface area contributed by atoms with Crippen LogP contribution < -0.4 is 4.90 Å². The number of urea groups is 1. The van der Waals surface area contributed by atoms with Crippen molar-refractivity contribution in [1.82, 2.24) is 3.11 Å². The van der Waals surface area contributed by atoms with Crippen LogP contribution in [-0.4, -0.2) is 26.8 Å². The van der Waals surface area contributed by atoms with Gasteiger partial charge in [-0.1, -0.05) is 53.5 Å². The Morgan fingerprint density at radius 1 is 1.04 bits per heavy atom. The minimum atomic E-state index is -1.48. The van der Waals surface area contributed by atoms with Crippen LogP contribution in [-0.2, 0) is 10.3 Å². The van der Waals surface area contributed by atoms with Gasteiger partial charge in [0.15, 0.2) is 5.54 Å². The lowest BCUT2D eigenvalue weighted by Gasteiger charge is -2.29. The van der Waals surface area contributed by atoms with Gasteiger partial charge in [-0.2, -0.15) is 0 Å². The van der Waals surface area contributed by atoms with Crippen molar-refractivity contribution in [3.05, 3.63) is 64.1 Å². The maximum Gasteiger partial charge on any atom is 0.341 e. The van der Waals surface area contributed by atoms with Crippen LogP contribution in [0.1, 0.15) is 5.56 Å². The van der Waals surface area contributed by atoms with Gasteiger partial charge in [-0.05, 0) is 23.8 Å². The quantitative estimate of drug-likeness (QED) is 0.413. The lowest BCUT2D eigenvalue weighted by molar-refractivity contribution is -0.125. The Labute approximate surface area is 162 Å². The Kier molecular flexibility index (Phi) is 4.74. The molecule has 1 heterocycles. The molecule has 24 heavy (non-hydrogen) atoms. The van der Waals surface area contributed by atoms with E-state index in [2.05, 4.69) is 0 Å². The lowest BCUT2D eigenvalue weighted by atomic mass is 9.90. The number of carbonyl (C=O) groups is 2. The molecule has 2 aromatic carbocycles. The molecule has 1 N–H and O–H groups in total. The monoisotopic (exact) mass is 476 g/mol. The summed E-state index contributed by atoms with van der Waals surface area (Å²) < 4.78 is 1.21. The van der Waals surface area contributed by atoms with Gasteiger partial charge < -0.3 is 5.11 Å². The first kappa shape index (κ1) is 17.5. The third-order valence-corrected chi connectivity index (χ3v) is 5.87. The van der Waals surface area contributed by atoms with E-state index in [1.54, 1.807) is 53.2 Å². The van der Waals surface area contributed by atoms with Crippen molar-refractivity contribution >= 4 is 63.7 Å². The molecule has 0 spiro atoms. The molecule has 1 aliphatic heterocycles. The molecule has 0 bridgehead atoms. The van der Waals surface area contributed by atoms with Crippen molar-refractivity contribution in [3.63, 3.8) is 0 Å². The van der Waals surface area contributed by atoms with Crippen LogP contribution in [0.15, 0.2) is 48.5 Å². The first-order valence-corrected chi connectivity index (χ1v) is 8.61. The molecule has 2 aromatic rings. The largest absolute Gasteiger partial charge is 0.393 e. The standard InChI is InChI=1S/C16H11Cl2IN2O3/c17-12-7-6-11(8-13(12)18)20-14(23)16(9-22,21(19)15(20)24)10-4-2-1-3-5-10/h1-8,22H,9H2. The van der Waals surface area contributed by atoms with Crippen molar-refractivity contribution in [2.24, 2.45) is 0 Å². The van der Waals surface area contributed by atoms with Crippen molar-refractivity contribution in [1.29, 1.82) is 0 Å². The summed E-state index contributed by atoms with van der Waals surface area (Å²) in [4.78, 5) is 26.8. The number of amides is 3. The van der Waals surface area contributed by atoms with Gasteiger partial charge in [0.05, 0.1) is 45.2 Å². The average molecular weight is 477 g/mol. The maximum atomic E-state index is 13.1. The fourth-order valence-electron chi connectivity index (χ4n) is 2.63. The van der Waals surface area contributed by atoms with E-state index in [1.807, 2.05) is 0 Å². The topological polar surface area (TPSA) is 60.9 Å². The first-order valence-electron chi connectivity index (χ1n) is 6.89. The first-order chi connectivity index (χ1) is 11.4. The van der Waals surface area contributed by atoms with Crippen molar-refractivity contribution in [2.45, 2.75) is 5.54 Å². The lowest BCUT2D eigenvalue weighted by Crippen LogP contribution is -2.46. The minimum absolute atomic E-state index is 0.232. The molecule has 1 fully saturated rings. The molecule has 3 rings (SSSR count). The molecule has 5 nitrogen and oxygen atoms in total. The minimum Gasteiger partial charge on any atom is -0.393 e. The summed E-state index contributed by atoms with van der Waals surface area (Å²) in [6, 6.07) is 12.6. The molecule has 1 atom stereocenters. The molecule has 3 amide bonds. The van der Waals surface area contributed by atoms with Gasteiger partial charge in [0.2, 0.25) is 0 Å². The number of halogens is 3. The smallest absolute Gasteiger partial charge is 0.341 e. The molecule has 0 saturated carbocycles. The van der Waals surface area contributed by atoms with E-state index in [4.69, 9.17) is 23.2 Å². The molecule has 0 aromatic heterocycles. The third kappa shape index (κ3) is 2.48. The second kappa shape index (κ2) is 6.51. The summed E-state index contributed by atoms with van der Waals surface area (Å²) in [5.74, 6) is -0.547. The van der Waals surface area contributed by atoms with Crippen LogP contribution in [0.5, 0.6) is 0 Å². The SMILES string of the molecule is O=C1N(c2ccc(Cl)c(Cl)c2)C(=O)C(CO)(c2ccccc2)N1I. The highest BCUT2D eigenvalue weighted by atomic mass is 127. The Balaban J connectivity index is 2.14. The summed E-state index contributed by atoms with van der Waals surface area (Å²) in [5, 5.41) is 10.6. The van der Waals surface area contributed by atoms with Gasteiger partial charge in [0.25, 0.3) is 5.91 Å². The number of imide groups is 1. The van der Waals surface area contributed by atoms with Crippen molar-refractivity contribution < 1.29 is 14.7 Å². The van der Waals surface area contributed by atoms with E-state index in [0.29, 0.717) is 16.3 Å². The summed E-state index contributed by atoms with van der Waals surface area (Å²) in [6.07, 6.45) is 0. The molecule has 8 heteroatoms. The zero-order valence-corrected chi connectivity index (χ0v) is 15.8. The van der Waals surface area contributed by atoms with E-state index in [-0.39, 0.29) is 5.02 Å². The highest BCUT2D eigenvalue weighted by Crippen LogP contribution is 2.42. The number of hydrogen-bond acceptors (Lipinski definition) is 3. The number of benzene rings is 2. The number of aliphatic hydroxyl groups excluding tert-OH is 1. The predicted octanol–water partition coefficient (Wildman–Crippen LogP) is 4.00. The number of anilines is 1. The van der Waals surface area contributed by atoms with Crippen molar-refractivity contribution in [3.8, 4) is 0 Å². The van der Waals surface area contributed by atoms with Crippen LogP contribution in [0, 0.1) is 0 Å². The van der Waals surface area contributed by atoms with E-state index < -0.39 is 24.1 Å². The molecular weight excluding hydrogens is 466 g/mol. The molecule has 1 aliphatic rings. The van der Waals surface area contributed by atoms with E-state index in [0.717, 1.165) is 4.90 Å². The Morgan fingerprint density at radius 3 is 2.29 bits per heavy atom. The zero-order chi connectivity index (χ0) is 17.5. The summed E-state index contributed by atoms with van der Waals surface area (Å²) in [6.45, 7) is -0.539. The highest BCUT2D eigenvalue weighted by molar-refractivity contribution is 14.1. The highest BCUT2D eigenvalue weighted by Gasteiger charge is 2.58. The van der Waals surface area contributed by atoms with E-state index in [1.165, 1.54) is 21.3 Å². The van der Waals surface area contributed by atoms with Gasteiger partial charge in [-0.25, -0.2) is 12.8 Å². The number of carbonyl (C=O) groups excluding carboxylic acids is 2. The summed E-state index contributed by atoms with van der Waals surface area (Å²) >= 11 is 13.6. The van der Waals surface area contributed by atoms with Gasteiger partial charge in [0, 0.05) is 0 Å². The van der Waals surface area contributed by atoms with Crippen LogP contribution >= 0.6 is 46.1 Å². The molecule has 1 saturated heterocycles. The fourth-order valence-corrected chi connectivity index (χ4v) is 3.78.